The van der Waals surface area contributed by atoms with E-state index in [1.54, 1.807) is 6.20 Å². The lowest BCUT2D eigenvalue weighted by atomic mass is 9.89. The second-order valence-electron chi connectivity index (χ2n) is 5.81. The van der Waals surface area contributed by atoms with Gasteiger partial charge in [-0.25, -0.2) is 4.68 Å². The number of nitrogens with zero attached hydrogens (tertiary/aromatic N) is 2. The lowest BCUT2D eigenvalue weighted by molar-refractivity contribution is 0.348. The number of aromatic nitrogens is 2. The van der Waals surface area contributed by atoms with Gasteiger partial charge in [0.25, 0.3) is 5.56 Å². The second kappa shape index (κ2) is 5.27. The molecule has 2 aliphatic rings. The zero-order valence-electron chi connectivity index (χ0n) is 11.2. The molecule has 1 heterocycles. The standard InChI is InChI=1S/C14H20BrN3O/c1-2-18-14(19)13(15)12(8-17-18)16-7-11-6-9-3-4-10(11)5-9/h8-11,16H,2-7H2,1H3. The zero-order valence-corrected chi connectivity index (χ0v) is 12.8. The molecule has 3 atom stereocenters. The number of hydrogen-bond donors (Lipinski definition) is 1. The molecule has 1 aromatic heterocycles. The summed E-state index contributed by atoms with van der Waals surface area (Å²) in [5, 5.41) is 7.57. The van der Waals surface area contributed by atoms with Crippen LogP contribution in [0.1, 0.15) is 32.6 Å². The van der Waals surface area contributed by atoms with E-state index in [1.165, 1.54) is 30.4 Å². The Balaban J connectivity index is 1.67. The molecule has 0 saturated heterocycles. The van der Waals surface area contributed by atoms with Gasteiger partial charge >= 0.3 is 0 Å². The summed E-state index contributed by atoms with van der Waals surface area (Å²) in [6.07, 6.45) is 7.35. The molecule has 3 unspecified atom stereocenters. The Morgan fingerprint density at radius 1 is 1.47 bits per heavy atom. The first-order valence-electron chi connectivity index (χ1n) is 7.18. The average molecular weight is 326 g/mol. The summed E-state index contributed by atoms with van der Waals surface area (Å²) in [5.74, 6) is 2.64. The van der Waals surface area contributed by atoms with Crippen LogP contribution < -0.4 is 10.9 Å². The highest BCUT2D eigenvalue weighted by Crippen LogP contribution is 2.48. The third kappa shape index (κ3) is 2.45. The maximum absolute atomic E-state index is 12.0. The zero-order chi connectivity index (χ0) is 13.4. The van der Waals surface area contributed by atoms with Gasteiger partial charge in [-0.2, -0.15) is 5.10 Å². The van der Waals surface area contributed by atoms with Crippen molar-refractivity contribution in [2.75, 3.05) is 11.9 Å². The van der Waals surface area contributed by atoms with Crippen molar-refractivity contribution >= 4 is 21.6 Å². The minimum atomic E-state index is -0.0551. The molecule has 1 N–H and O–H groups in total. The van der Waals surface area contributed by atoms with Gasteiger partial charge in [-0.05, 0) is 59.9 Å². The molecule has 2 aliphatic carbocycles. The van der Waals surface area contributed by atoms with Gasteiger partial charge in [-0.3, -0.25) is 4.79 Å². The molecule has 0 aromatic carbocycles. The molecule has 0 amide bonds. The number of anilines is 1. The van der Waals surface area contributed by atoms with E-state index in [2.05, 4.69) is 26.3 Å². The van der Waals surface area contributed by atoms with E-state index in [1.807, 2.05) is 6.92 Å². The van der Waals surface area contributed by atoms with Crippen molar-refractivity contribution < 1.29 is 0 Å². The summed E-state index contributed by atoms with van der Waals surface area (Å²) in [7, 11) is 0. The molecule has 19 heavy (non-hydrogen) atoms. The van der Waals surface area contributed by atoms with Gasteiger partial charge < -0.3 is 5.32 Å². The van der Waals surface area contributed by atoms with Gasteiger partial charge in [-0.1, -0.05) is 6.42 Å². The van der Waals surface area contributed by atoms with Crippen LogP contribution in [0.3, 0.4) is 0 Å². The minimum Gasteiger partial charge on any atom is -0.382 e. The molecule has 0 aliphatic heterocycles. The summed E-state index contributed by atoms with van der Waals surface area (Å²) >= 11 is 3.39. The Morgan fingerprint density at radius 3 is 2.95 bits per heavy atom. The highest BCUT2D eigenvalue weighted by molar-refractivity contribution is 9.10. The summed E-state index contributed by atoms with van der Waals surface area (Å²) in [6, 6.07) is 0. The van der Waals surface area contributed by atoms with Crippen LogP contribution in [-0.4, -0.2) is 16.3 Å². The van der Waals surface area contributed by atoms with Gasteiger partial charge in [0.05, 0.1) is 11.9 Å². The lowest BCUT2D eigenvalue weighted by Crippen LogP contribution is -2.25. The third-order valence-electron chi connectivity index (χ3n) is 4.72. The summed E-state index contributed by atoms with van der Waals surface area (Å²) < 4.78 is 2.07. The van der Waals surface area contributed by atoms with Crippen LogP contribution in [0.15, 0.2) is 15.5 Å². The van der Waals surface area contributed by atoms with E-state index in [9.17, 15) is 4.79 Å². The fraction of sp³-hybridized carbons (Fsp3) is 0.714. The summed E-state index contributed by atoms with van der Waals surface area (Å²) in [5.41, 5.74) is 0.776. The Morgan fingerprint density at radius 2 is 2.32 bits per heavy atom. The largest absolute Gasteiger partial charge is 0.382 e. The van der Waals surface area contributed by atoms with Gasteiger partial charge in [0.15, 0.2) is 0 Å². The highest BCUT2D eigenvalue weighted by atomic mass is 79.9. The van der Waals surface area contributed by atoms with Crippen molar-refractivity contribution in [3.63, 3.8) is 0 Å². The van der Waals surface area contributed by atoms with Crippen molar-refractivity contribution in [2.24, 2.45) is 17.8 Å². The predicted molar refractivity (Wildman–Crippen MR) is 79.3 cm³/mol. The van der Waals surface area contributed by atoms with E-state index >= 15 is 0 Å². The molecule has 1 aromatic rings. The highest BCUT2D eigenvalue weighted by Gasteiger charge is 2.39. The normalized spacial score (nSPS) is 28.8. The van der Waals surface area contributed by atoms with Crippen molar-refractivity contribution in [2.45, 2.75) is 39.2 Å². The van der Waals surface area contributed by atoms with Gasteiger partial charge in [0, 0.05) is 13.1 Å². The first-order valence-corrected chi connectivity index (χ1v) is 7.97. The van der Waals surface area contributed by atoms with E-state index in [-0.39, 0.29) is 5.56 Å². The molecule has 104 valence electrons. The molecule has 2 fully saturated rings. The number of fused-ring (bicyclic) bond motifs is 2. The SMILES string of the molecule is CCn1ncc(NCC2CC3CCC2C3)c(Br)c1=O. The summed E-state index contributed by atoms with van der Waals surface area (Å²) in [4.78, 5) is 12.0. The molecule has 5 heteroatoms. The van der Waals surface area contributed by atoms with Crippen LogP contribution in [0.25, 0.3) is 0 Å². The molecular formula is C14H20BrN3O. The second-order valence-corrected chi connectivity index (χ2v) is 6.60. The Labute approximate surface area is 121 Å². The third-order valence-corrected chi connectivity index (χ3v) is 5.49. The number of nitrogens with one attached hydrogen (secondary N) is 1. The number of aryl methyl sites for hydroxylation is 1. The molecule has 0 radical (unpaired) electrons. The Hall–Kier alpha value is -0.840. The van der Waals surface area contributed by atoms with Gasteiger partial charge in [-0.15, -0.1) is 0 Å². The van der Waals surface area contributed by atoms with Crippen LogP contribution in [0, 0.1) is 17.8 Å². The van der Waals surface area contributed by atoms with Crippen LogP contribution in [0.4, 0.5) is 5.69 Å². The van der Waals surface area contributed by atoms with Crippen molar-refractivity contribution in [1.82, 2.24) is 9.78 Å². The maximum Gasteiger partial charge on any atom is 0.283 e. The molecule has 4 nitrogen and oxygen atoms in total. The first-order chi connectivity index (χ1) is 9.19. The van der Waals surface area contributed by atoms with Crippen molar-refractivity contribution in [3.05, 3.63) is 21.0 Å². The smallest absolute Gasteiger partial charge is 0.283 e. The van der Waals surface area contributed by atoms with E-state index < -0.39 is 0 Å². The fourth-order valence-corrected chi connectivity index (χ4v) is 4.13. The van der Waals surface area contributed by atoms with E-state index in [0.29, 0.717) is 11.0 Å². The van der Waals surface area contributed by atoms with E-state index in [4.69, 9.17) is 0 Å². The Bertz CT molecular complexity index is 528. The average Bonchev–Trinajstić information content (AvgIpc) is 3.03. The van der Waals surface area contributed by atoms with Gasteiger partial charge in [0.2, 0.25) is 0 Å². The topological polar surface area (TPSA) is 46.9 Å². The Kier molecular flexibility index (Phi) is 3.65. The fourth-order valence-electron chi connectivity index (χ4n) is 3.68. The van der Waals surface area contributed by atoms with Gasteiger partial charge in [0.1, 0.15) is 4.47 Å². The molecular weight excluding hydrogens is 306 g/mol. The van der Waals surface area contributed by atoms with Crippen molar-refractivity contribution in [1.29, 1.82) is 0 Å². The minimum absolute atomic E-state index is 0.0551. The van der Waals surface area contributed by atoms with Crippen LogP contribution in [0.2, 0.25) is 0 Å². The number of hydrogen-bond acceptors (Lipinski definition) is 3. The number of rotatable bonds is 4. The molecule has 3 rings (SSSR count). The van der Waals surface area contributed by atoms with Crippen molar-refractivity contribution in [3.8, 4) is 0 Å². The monoisotopic (exact) mass is 325 g/mol. The van der Waals surface area contributed by atoms with E-state index in [0.717, 1.165) is 30.0 Å². The molecule has 2 bridgehead atoms. The lowest BCUT2D eigenvalue weighted by Gasteiger charge is -2.22. The first kappa shape index (κ1) is 13.2. The quantitative estimate of drug-likeness (QED) is 0.925. The summed E-state index contributed by atoms with van der Waals surface area (Å²) in [6.45, 7) is 3.49. The van der Waals surface area contributed by atoms with Crippen LogP contribution >= 0.6 is 15.9 Å². The number of halogens is 1. The van der Waals surface area contributed by atoms with Crippen LogP contribution in [0.5, 0.6) is 0 Å². The maximum atomic E-state index is 12.0. The predicted octanol–water partition coefficient (Wildman–Crippen LogP) is 2.87. The molecule has 2 saturated carbocycles. The molecule has 0 spiro atoms. The van der Waals surface area contributed by atoms with Crippen LogP contribution in [-0.2, 0) is 6.54 Å².